The molecular weight excluding hydrogens is 140 g/mol. The zero-order valence-electron chi connectivity index (χ0n) is 6.12. The van der Waals surface area contributed by atoms with E-state index in [0.717, 1.165) is 0 Å². The lowest BCUT2D eigenvalue weighted by atomic mass is 10.4. The molecule has 1 unspecified atom stereocenters. The maximum absolute atomic E-state index is 8.85. The van der Waals surface area contributed by atoms with Crippen molar-refractivity contribution in [3.63, 3.8) is 0 Å². The molecule has 0 amide bonds. The summed E-state index contributed by atoms with van der Waals surface area (Å²) in [6, 6.07) is 10.2. The molecule has 54 valence electrons. The highest BCUT2D eigenvalue weighted by Gasteiger charge is 2.02. The van der Waals surface area contributed by atoms with Gasteiger partial charge in [0.05, 0.1) is 8.80 Å². The topological polar surface area (TPSA) is 20.2 Å². The molecule has 0 aromatic heterocycles. The Bertz CT molecular complexity index is 186. The van der Waals surface area contributed by atoms with Gasteiger partial charge in [0.2, 0.25) is 0 Å². The van der Waals surface area contributed by atoms with E-state index in [0.29, 0.717) is 6.23 Å². The van der Waals surface area contributed by atoms with E-state index in [1.807, 2.05) is 18.2 Å². The molecule has 0 aliphatic heterocycles. The van der Waals surface area contributed by atoms with Gasteiger partial charge in [-0.1, -0.05) is 42.1 Å². The Morgan fingerprint density at radius 3 is 2.40 bits per heavy atom. The molecule has 1 atom stereocenters. The lowest BCUT2D eigenvalue weighted by molar-refractivity contribution is 0.364. The van der Waals surface area contributed by atoms with Crippen LogP contribution in [0.3, 0.4) is 0 Å². The number of rotatable bonds is 2. The second-order valence-electron chi connectivity index (χ2n) is 2.49. The van der Waals surface area contributed by atoms with Gasteiger partial charge in [-0.15, -0.1) is 0 Å². The van der Waals surface area contributed by atoms with Crippen LogP contribution in [0, 0.1) is 0 Å². The summed E-state index contributed by atoms with van der Waals surface area (Å²) in [5, 5.41) is 10.2. The van der Waals surface area contributed by atoms with Crippen molar-refractivity contribution in [1.29, 1.82) is 0 Å². The van der Waals surface area contributed by atoms with E-state index < -0.39 is 8.80 Å². The summed E-state index contributed by atoms with van der Waals surface area (Å²) in [5.74, 6) is 0. The van der Waals surface area contributed by atoms with Gasteiger partial charge in [0.25, 0.3) is 0 Å². The molecule has 1 N–H and O–H groups in total. The second kappa shape index (κ2) is 3.54. The molecule has 0 fully saturated rings. The van der Waals surface area contributed by atoms with Crippen molar-refractivity contribution >= 4 is 14.0 Å². The molecule has 0 aliphatic rings. The van der Waals surface area contributed by atoms with Crippen LogP contribution in [0.25, 0.3) is 0 Å². The Morgan fingerprint density at radius 2 is 1.90 bits per heavy atom. The first kappa shape index (κ1) is 7.50. The standard InChI is InChI=1S/C8H12OSi/c1-10(7-9)8-5-3-2-4-6-8/h2-6,9-10H,7H2,1H3. The Kier molecular flexibility index (Phi) is 2.65. The molecule has 1 aromatic rings. The van der Waals surface area contributed by atoms with Crippen LogP contribution in [0.15, 0.2) is 30.3 Å². The van der Waals surface area contributed by atoms with E-state index in [9.17, 15) is 0 Å². The average Bonchev–Trinajstić information content (AvgIpc) is 2.05. The van der Waals surface area contributed by atoms with Gasteiger partial charge in [-0.05, 0) is 0 Å². The largest absolute Gasteiger partial charge is 0.400 e. The van der Waals surface area contributed by atoms with E-state index >= 15 is 0 Å². The summed E-state index contributed by atoms with van der Waals surface area (Å²) in [7, 11) is -0.984. The summed E-state index contributed by atoms with van der Waals surface area (Å²) in [4.78, 5) is 0. The van der Waals surface area contributed by atoms with Gasteiger partial charge in [-0.25, -0.2) is 0 Å². The van der Waals surface area contributed by atoms with Gasteiger partial charge in [0.15, 0.2) is 0 Å². The highest BCUT2D eigenvalue weighted by molar-refractivity contribution is 6.71. The highest BCUT2D eigenvalue weighted by atomic mass is 28.3. The van der Waals surface area contributed by atoms with E-state index in [-0.39, 0.29) is 0 Å². The molecule has 0 bridgehead atoms. The third kappa shape index (κ3) is 1.69. The van der Waals surface area contributed by atoms with Crippen molar-refractivity contribution in [2.75, 3.05) is 6.23 Å². The first-order valence-corrected chi connectivity index (χ1v) is 6.05. The SMILES string of the molecule is C[SiH](CO)c1ccccc1. The fourth-order valence-electron chi connectivity index (χ4n) is 0.887. The van der Waals surface area contributed by atoms with Crippen LogP contribution in [-0.2, 0) is 0 Å². The molecule has 1 rings (SSSR count). The number of aliphatic hydroxyl groups is 1. The summed E-state index contributed by atoms with van der Waals surface area (Å²) >= 11 is 0. The summed E-state index contributed by atoms with van der Waals surface area (Å²) in [5.41, 5.74) is 0. The van der Waals surface area contributed by atoms with Crippen LogP contribution in [0.1, 0.15) is 0 Å². The van der Waals surface area contributed by atoms with Gasteiger partial charge >= 0.3 is 0 Å². The fraction of sp³-hybridized carbons (Fsp3) is 0.250. The smallest absolute Gasteiger partial charge is 0.0967 e. The predicted molar refractivity (Wildman–Crippen MR) is 46.2 cm³/mol. The van der Waals surface area contributed by atoms with Crippen molar-refractivity contribution in [3.8, 4) is 0 Å². The van der Waals surface area contributed by atoms with Crippen LogP contribution in [0.4, 0.5) is 0 Å². The zero-order valence-corrected chi connectivity index (χ0v) is 7.27. The molecule has 0 heterocycles. The molecule has 0 spiro atoms. The summed E-state index contributed by atoms with van der Waals surface area (Å²) in [6.07, 6.45) is 0.365. The third-order valence-electron chi connectivity index (χ3n) is 1.64. The van der Waals surface area contributed by atoms with Crippen molar-refractivity contribution < 1.29 is 5.11 Å². The Morgan fingerprint density at radius 1 is 1.30 bits per heavy atom. The average molecular weight is 152 g/mol. The maximum Gasteiger partial charge on any atom is 0.0967 e. The summed E-state index contributed by atoms with van der Waals surface area (Å²) < 4.78 is 0. The Labute approximate surface area is 62.9 Å². The van der Waals surface area contributed by atoms with E-state index in [4.69, 9.17) is 5.11 Å². The summed E-state index contributed by atoms with van der Waals surface area (Å²) in [6.45, 7) is 2.15. The van der Waals surface area contributed by atoms with Gasteiger partial charge < -0.3 is 5.11 Å². The monoisotopic (exact) mass is 152 g/mol. The van der Waals surface area contributed by atoms with E-state index in [1.165, 1.54) is 5.19 Å². The molecule has 0 aliphatic carbocycles. The predicted octanol–water partition coefficient (Wildman–Crippen LogP) is 0.282. The van der Waals surface area contributed by atoms with Crippen molar-refractivity contribution in [1.82, 2.24) is 0 Å². The van der Waals surface area contributed by atoms with Crippen LogP contribution < -0.4 is 5.19 Å². The third-order valence-corrected chi connectivity index (χ3v) is 3.71. The quantitative estimate of drug-likeness (QED) is 0.604. The van der Waals surface area contributed by atoms with Crippen molar-refractivity contribution in [2.45, 2.75) is 6.55 Å². The molecule has 10 heavy (non-hydrogen) atoms. The molecule has 0 radical (unpaired) electrons. The fourth-order valence-corrected chi connectivity index (χ4v) is 1.98. The Hall–Kier alpha value is -0.603. The minimum atomic E-state index is -0.984. The van der Waals surface area contributed by atoms with Gasteiger partial charge in [-0.2, -0.15) is 0 Å². The molecule has 1 aromatic carbocycles. The Balaban J connectivity index is 2.75. The molecule has 1 nitrogen and oxygen atoms in total. The van der Waals surface area contributed by atoms with Crippen LogP contribution in [-0.4, -0.2) is 20.1 Å². The number of benzene rings is 1. The van der Waals surface area contributed by atoms with Crippen LogP contribution in [0.5, 0.6) is 0 Å². The minimum absolute atomic E-state index is 0.365. The lowest BCUT2D eigenvalue weighted by Gasteiger charge is -2.04. The van der Waals surface area contributed by atoms with Crippen molar-refractivity contribution in [2.24, 2.45) is 0 Å². The highest BCUT2D eigenvalue weighted by Crippen LogP contribution is 1.86. The number of aliphatic hydroxyl groups excluding tert-OH is 1. The van der Waals surface area contributed by atoms with Crippen LogP contribution in [0.2, 0.25) is 6.55 Å². The van der Waals surface area contributed by atoms with Gasteiger partial charge in [0, 0.05) is 6.23 Å². The first-order valence-electron chi connectivity index (χ1n) is 3.50. The van der Waals surface area contributed by atoms with Crippen molar-refractivity contribution in [3.05, 3.63) is 30.3 Å². The lowest BCUT2D eigenvalue weighted by Crippen LogP contribution is -2.30. The normalized spacial score (nSPS) is 13.0. The molecule has 2 heteroatoms. The van der Waals surface area contributed by atoms with E-state index in [2.05, 4.69) is 18.7 Å². The number of hydrogen-bond acceptors (Lipinski definition) is 1. The zero-order chi connectivity index (χ0) is 7.40. The first-order chi connectivity index (χ1) is 4.84. The molecule has 0 saturated carbocycles. The van der Waals surface area contributed by atoms with Crippen LogP contribution >= 0.6 is 0 Å². The van der Waals surface area contributed by atoms with Gasteiger partial charge in [0.1, 0.15) is 0 Å². The minimum Gasteiger partial charge on any atom is -0.400 e. The molecular formula is C8H12OSi. The second-order valence-corrected chi connectivity index (χ2v) is 5.33. The molecule has 0 saturated heterocycles. The van der Waals surface area contributed by atoms with Gasteiger partial charge in [-0.3, -0.25) is 0 Å². The number of hydrogen-bond donors (Lipinski definition) is 1. The maximum atomic E-state index is 8.85. The van der Waals surface area contributed by atoms with E-state index in [1.54, 1.807) is 0 Å².